The van der Waals surface area contributed by atoms with Crippen molar-refractivity contribution < 1.29 is 19.1 Å². The van der Waals surface area contributed by atoms with E-state index in [4.69, 9.17) is 25.0 Å². The number of hydrogen-bond acceptors (Lipinski definition) is 5. The maximum atomic E-state index is 11.0. The number of rotatable bonds is 8. The quantitative estimate of drug-likeness (QED) is 0.274. The topological polar surface area (TPSA) is 98.6 Å². The molecule has 35 heavy (non-hydrogen) atoms. The van der Waals surface area contributed by atoms with Crippen molar-refractivity contribution in [2.75, 3.05) is 0 Å². The first-order valence-corrected chi connectivity index (χ1v) is 11.0. The molecule has 3 N–H and O–H groups in total. The molecule has 0 radical (unpaired) electrons. The molecular formula is C27H30Cl2N2O4. The Bertz CT molecular complexity index is 1300. The Morgan fingerprint density at radius 1 is 1.11 bits per heavy atom. The van der Waals surface area contributed by atoms with Gasteiger partial charge in [-0.05, 0) is 60.2 Å². The molecule has 2 aromatic carbocycles. The van der Waals surface area contributed by atoms with E-state index in [0.717, 1.165) is 39.7 Å². The van der Waals surface area contributed by atoms with E-state index < -0.39 is 5.97 Å². The summed E-state index contributed by atoms with van der Waals surface area (Å²) in [6.45, 7) is 7.03. The first kappa shape index (κ1) is 28.2. The Kier molecular flexibility index (Phi) is 9.72. The van der Waals surface area contributed by atoms with Crippen LogP contribution in [-0.4, -0.2) is 16.1 Å². The third-order valence-corrected chi connectivity index (χ3v) is 5.56. The van der Waals surface area contributed by atoms with Gasteiger partial charge in [0, 0.05) is 23.2 Å². The number of carbonyl (C=O) groups is 1. The van der Waals surface area contributed by atoms with Crippen LogP contribution in [-0.2, 0) is 19.6 Å². The van der Waals surface area contributed by atoms with Gasteiger partial charge in [0.25, 0.3) is 0 Å². The number of fused-ring (bicyclic) bond motifs is 1. The normalized spacial score (nSPS) is 10.7. The van der Waals surface area contributed by atoms with Gasteiger partial charge in [-0.1, -0.05) is 43.7 Å². The Morgan fingerprint density at radius 3 is 2.43 bits per heavy atom. The lowest BCUT2D eigenvalue weighted by Crippen LogP contribution is -2.10. The van der Waals surface area contributed by atoms with Crippen LogP contribution in [0.15, 0.2) is 59.2 Å². The van der Waals surface area contributed by atoms with E-state index in [9.17, 15) is 4.79 Å². The van der Waals surface area contributed by atoms with Crippen molar-refractivity contribution >= 4 is 41.7 Å². The van der Waals surface area contributed by atoms with Crippen molar-refractivity contribution in [3.8, 4) is 16.9 Å². The predicted octanol–water partition coefficient (Wildman–Crippen LogP) is 6.58. The van der Waals surface area contributed by atoms with Crippen molar-refractivity contribution in [1.82, 2.24) is 4.98 Å². The second kappa shape index (κ2) is 12.1. The second-order valence-electron chi connectivity index (χ2n) is 8.67. The van der Waals surface area contributed by atoms with Gasteiger partial charge in [-0.3, -0.25) is 4.98 Å². The zero-order valence-corrected chi connectivity index (χ0v) is 21.5. The molecule has 0 saturated heterocycles. The van der Waals surface area contributed by atoms with Gasteiger partial charge in [0.05, 0.1) is 11.8 Å². The Hall–Kier alpha value is -3.06. The molecule has 6 nitrogen and oxygen atoms in total. The maximum absolute atomic E-state index is 11.0. The minimum absolute atomic E-state index is 0. The smallest absolute Gasteiger partial charge is 0.371 e. The van der Waals surface area contributed by atoms with Gasteiger partial charge in [-0.25, -0.2) is 4.79 Å². The van der Waals surface area contributed by atoms with Crippen molar-refractivity contribution in [1.29, 1.82) is 0 Å². The molecule has 0 unspecified atom stereocenters. The van der Waals surface area contributed by atoms with Crippen molar-refractivity contribution in [3.05, 3.63) is 82.9 Å². The highest BCUT2D eigenvalue weighted by atomic mass is 35.5. The molecule has 0 atom stereocenters. The van der Waals surface area contributed by atoms with E-state index in [0.29, 0.717) is 23.8 Å². The van der Waals surface area contributed by atoms with Gasteiger partial charge < -0.3 is 20.0 Å². The third-order valence-electron chi connectivity index (χ3n) is 5.56. The summed E-state index contributed by atoms with van der Waals surface area (Å²) in [5, 5.41) is 10.0. The summed E-state index contributed by atoms with van der Waals surface area (Å²) in [4.78, 5) is 16.0. The molecule has 0 amide bonds. The molecule has 0 saturated carbocycles. The summed E-state index contributed by atoms with van der Waals surface area (Å²) in [7, 11) is 0. The van der Waals surface area contributed by atoms with Gasteiger partial charge in [0.2, 0.25) is 5.76 Å². The molecule has 2 aromatic heterocycles. The van der Waals surface area contributed by atoms with Gasteiger partial charge in [0.1, 0.15) is 12.4 Å². The van der Waals surface area contributed by atoms with Crippen LogP contribution < -0.4 is 10.5 Å². The number of nitrogens with two attached hydrogens (primary N) is 1. The molecule has 0 aliphatic heterocycles. The molecule has 186 valence electrons. The lowest BCUT2D eigenvalue weighted by Gasteiger charge is -2.18. The van der Waals surface area contributed by atoms with Crippen LogP contribution >= 0.6 is 24.8 Å². The number of aryl methyl sites for hydroxylation is 1. The largest absolute Gasteiger partial charge is 0.489 e. The SMILES string of the molecule is Cc1ccc(-c2c(CN)c(CC(C)C)nc3ccc(OCc4coc(C(=O)O)c4)cc23)cc1.Cl.Cl. The highest BCUT2D eigenvalue weighted by Gasteiger charge is 2.17. The number of furan rings is 1. The molecule has 2 heterocycles. The molecule has 4 rings (SSSR count). The molecule has 8 heteroatoms. The van der Waals surface area contributed by atoms with Crippen molar-refractivity contribution in [2.24, 2.45) is 11.7 Å². The van der Waals surface area contributed by atoms with Crippen LogP contribution in [0, 0.1) is 12.8 Å². The number of hydrogen-bond donors (Lipinski definition) is 2. The minimum Gasteiger partial charge on any atom is -0.489 e. The molecule has 0 bridgehead atoms. The Morgan fingerprint density at radius 2 is 1.83 bits per heavy atom. The summed E-state index contributed by atoms with van der Waals surface area (Å²) in [5.41, 5.74) is 13.3. The van der Waals surface area contributed by atoms with Crippen LogP contribution in [0.2, 0.25) is 0 Å². The lowest BCUT2D eigenvalue weighted by molar-refractivity contribution is 0.0662. The molecular weight excluding hydrogens is 487 g/mol. The number of halogens is 2. The second-order valence-corrected chi connectivity index (χ2v) is 8.67. The van der Waals surface area contributed by atoms with Crippen LogP contribution in [0.5, 0.6) is 5.75 Å². The highest BCUT2D eigenvalue weighted by molar-refractivity contribution is 5.97. The van der Waals surface area contributed by atoms with E-state index in [1.165, 1.54) is 17.9 Å². The van der Waals surface area contributed by atoms with Gasteiger partial charge >= 0.3 is 5.97 Å². The number of benzene rings is 2. The fourth-order valence-electron chi connectivity index (χ4n) is 3.98. The number of pyridine rings is 1. The first-order chi connectivity index (χ1) is 15.9. The van der Waals surface area contributed by atoms with Crippen molar-refractivity contribution in [3.63, 3.8) is 0 Å². The summed E-state index contributed by atoms with van der Waals surface area (Å²) in [6.07, 6.45) is 2.25. The first-order valence-electron chi connectivity index (χ1n) is 11.0. The number of ether oxygens (including phenoxy) is 1. The zero-order valence-electron chi connectivity index (χ0n) is 19.9. The minimum atomic E-state index is -1.10. The fourth-order valence-corrected chi connectivity index (χ4v) is 3.98. The molecule has 0 aliphatic rings. The van der Waals surface area contributed by atoms with E-state index in [1.54, 1.807) is 0 Å². The highest BCUT2D eigenvalue weighted by Crippen LogP contribution is 2.36. The van der Waals surface area contributed by atoms with Crippen molar-refractivity contribution in [2.45, 2.75) is 40.3 Å². The van der Waals surface area contributed by atoms with E-state index >= 15 is 0 Å². The molecule has 0 fully saturated rings. The van der Waals surface area contributed by atoms with E-state index in [1.807, 2.05) is 18.2 Å². The molecule has 0 aliphatic carbocycles. The monoisotopic (exact) mass is 516 g/mol. The molecule has 0 spiro atoms. The Labute approximate surface area is 217 Å². The number of aromatic carboxylic acids is 1. The van der Waals surface area contributed by atoms with E-state index in [2.05, 4.69) is 45.0 Å². The van der Waals surface area contributed by atoms with Gasteiger partial charge in [-0.2, -0.15) is 0 Å². The summed E-state index contributed by atoms with van der Waals surface area (Å²) in [5.74, 6) is -0.0924. The number of carboxylic acids is 1. The average Bonchev–Trinajstić information content (AvgIpc) is 3.27. The summed E-state index contributed by atoms with van der Waals surface area (Å²) >= 11 is 0. The lowest BCUT2D eigenvalue weighted by atomic mass is 9.91. The average molecular weight is 517 g/mol. The number of nitrogens with zero attached hydrogens (tertiary/aromatic N) is 1. The standard InChI is InChI=1S/C27H28N2O4.2ClH/c1-16(2)10-24-22(13-28)26(19-6-4-17(3)5-7-19)21-12-20(8-9-23(21)29-24)32-14-18-11-25(27(30)31)33-15-18;;/h4-9,11-12,15-16H,10,13-14,28H2,1-3H3,(H,30,31);2*1H. The summed E-state index contributed by atoms with van der Waals surface area (Å²) in [6, 6.07) is 15.7. The summed E-state index contributed by atoms with van der Waals surface area (Å²) < 4.78 is 11.0. The Balaban J connectivity index is 0.00000216. The number of aromatic nitrogens is 1. The van der Waals surface area contributed by atoms with Crippen LogP contribution in [0.25, 0.3) is 22.0 Å². The van der Waals surface area contributed by atoms with Gasteiger partial charge in [0.15, 0.2) is 0 Å². The maximum Gasteiger partial charge on any atom is 0.371 e. The van der Waals surface area contributed by atoms with Crippen LogP contribution in [0.3, 0.4) is 0 Å². The van der Waals surface area contributed by atoms with Crippen LogP contribution in [0.1, 0.15) is 46.8 Å². The number of carboxylic acid groups (broad SMARTS) is 1. The van der Waals surface area contributed by atoms with E-state index in [-0.39, 0.29) is 37.2 Å². The fraction of sp³-hybridized carbons (Fsp3) is 0.259. The third kappa shape index (κ3) is 6.34. The van der Waals surface area contributed by atoms with Gasteiger partial charge in [-0.15, -0.1) is 24.8 Å². The van der Waals surface area contributed by atoms with Crippen LogP contribution in [0.4, 0.5) is 0 Å². The predicted molar refractivity (Wildman–Crippen MR) is 143 cm³/mol. The molecule has 4 aromatic rings. The zero-order chi connectivity index (χ0) is 23.5.